The number of rotatable bonds is 3. The lowest BCUT2D eigenvalue weighted by Crippen LogP contribution is -2.14. The number of hydrogen-bond donors (Lipinski definition) is 2. The van der Waals surface area contributed by atoms with Gasteiger partial charge in [-0.15, -0.1) is 5.10 Å². The van der Waals surface area contributed by atoms with Gasteiger partial charge in [-0.25, -0.2) is 9.50 Å². The molecule has 6 heteroatoms. The number of nitrogens with two attached hydrogens (primary N) is 1. The van der Waals surface area contributed by atoms with Crippen LogP contribution in [0, 0.1) is 5.41 Å². The van der Waals surface area contributed by atoms with Crippen molar-refractivity contribution in [1.82, 2.24) is 14.6 Å². The molecule has 0 unspecified atom stereocenters. The number of nitrogens with one attached hydrogen (secondary N) is 1. The molecule has 0 atom stereocenters. The summed E-state index contributed by atoms with van der Waals surface area (Å²) in [6.07, 6.45) is 1.99. The Kier molecular flexibility index (Phi) is 2.24. The zero-order chi connectivity index (χ0) is 10.8. The highest BCUT2D eigenvalue weighted by Crippen LogP contribution is 2.10. The lowest BCUT2D eigenvalue weighted by atomic mass is 10.3. The van der Waals surface area contributed by atoms with Crippen molar-refractivity contribution in [2.24, 2.45) is 5.73 Å². The maximum atomic E-state index is 7.22. The minimum Gasteiger partial charge on any atom is -0.480 e. The fourth-order valence-electron chi connectivity index (χ4n) is 1.33. The number of amidine groups is 1. The number of aromatic nitrogens is 3. The molecule has 0 aliphatic heterocycles. The number of methoxy groups -OCH3 is 1. The van der Waals surface area contributed by atoms with E-state index in [1.54, 1.807) is 30.0 Å². The van der Waals surface area contributed by atoms with Gasteiger partial charge in [0.1, 0.15) is 0 Å². The molecule has 0 spiro atoms. The van der Waals surface area contributed by atoms with Crippen LogP contribution in [0.15, 0.2) is 18.3 Å². The Morgan fingerprint density at radius 1 is 1.60 bits per heavy atom. The summed E-state index contributed by atoms with van der Waals surface area (Å²) in [5.41, 5.74) is 6.82. The molecule has 2 rings (SSSR count). The molecule has 15 heavy (non-hydrogen) atoms. The van der Waals surface area contributed by atoms with Crippen molar-refractivity contribution in [1.29, 1.82) is 5.41 Å². The van der Waals surface area contributed by atoms with Gasteiger partial charge in [0.15, 0.2) is 5.65 Å². The summed E-state index contributed by atoms with van der Waals surface area (Å²) in [5, 5.41) is 11.4. The van der Waals surface area contributed by atoms with E-state index in [-0.39, 0.29) is 5.84 Å². The Balaban J connectivity index is 2.51. The molecule has 0 radical (unpaired) electrons. The van der Waals surface area contributed by atoms with Gasteiger partial charge >= 0.3 is 0 Å². The quantitative estimate of drug-likeness (QED) is 0.554. The van der Waals surface area contributed by atoms with Gasteiger partial charge in [0, 0.05) is 12.5 Å². The highest BCUT2D eigenvalue weighted by atomic mass is 16.5. The van der Waals surface area contributed by atoms with Crippen LogP contribution in [0.2, 0.25) is 0 Å². The fraction of sp³-hybridized carbons (Fsp3) is 0.222. The molecule has 0 saturated heterocycles. The molecule has 2 heterocycles. The summed E-state index contributed by atoms with van der Waals surface area (Å²) in [7, 11) is 1.55. The number of imidazole rings is 1. The molecule has 0 aliphatic carbocycles. The maximum Gasteiger partial charge on any atom is 0.231 e. The van der Waals surface area contributed by atoms with Crippen LogP contribution < -0.4 is 10.5 Å². The van der Waals surface area contributed by atoms with Gasteiger partial charge in [0.05, 0.1) is 24.8 Å². The van der Waals surface area contributed by atoms with Crippen molar-refractivity contribution in [3.05, 3.63) is 24.0 Å². The van der Waals surface area contributed by atoms with Crippen LogP contribution in [-0.2, 0) is 6.42 Å². The van der Waals surface area contributed by atoms with Crippen LogP contribution in [0.5, 0.6) is 5.88 Å². The van der Waals surface area contributed by atoms with E-state index in [9.17, 15) is 0 Å². The molecule has 0 amide bonds. The van der Waals surface area contributed by atoms with Crippen molar-refractivity contribution in [3.63, 3.8) is 0 Å². The average Bonchev–Trinajstić information content (AvgIpc) is 2.60. The number of ether oxygens (including phenoxy) is 1. The predicted molar refractivity (Wildman–Crippen MR) is 55.2 cm³/mol. The van der Waals surface area contributed by atoms with E-state index in [1.165, 1.54) is 0 Å². The zero-order valence-electron chi connectivity index (χ0n) is 8.27. The number of hydrogen-bond acceptors (Lipinski definition) is 4. The monoisotopic (exact) mass is 205 g/mol. The van der Waals surface area contributed by atoms with Crippen molar-refractivity contribution in [2.45, 2.75) is 6.42 Å². The van der Waals surface area contributed by atoms with Gasteiger partial charge in [-0.1, -0.05) is 0 Å². The Labute approximate surface area is 86.2 Å². The molecule has 0 aliphatic rings. The first-order valence-corrected chi connectivity index (χ1v) is 4.41. The third-order valence-corrected chi connectivity index (χ3v) is 1.99. The second-order valence-corrected chi connectivity index (χ2v) is 3.10. The Hall–Kier alpha value is -2.11. The molecule has 2 aromatic heterocycles. The molecule has 78 valence electrons. The summed E-state index contributed by atoms with van der Waals surface area (Å²) >= 11 is 0. The average molecular weight is 205 g/mol. The summed E-state index contributed by atoms with van der Waals surface area (Å²) in [5.74, 6) is 0.590. The van der Waals surface area contributed by atoms with Crippen LogP contribution in [0.3, 0.4) is 0 Å². The smallest absolute Gasteiger partial charge is 0.231 e. The van der Waals surface area contributed by atoms with Crippen LogP contribution in [0.25, 0.3) is 5.65 Å². The molecular weight excluding hydrogens is 194 g/mol. The van der Waals surface area contributed by atoms with Crippen LogP contribution >= 0.6 is 0 Å². The molecule has 6 nitrogen and oxygen atoms in total. The predicted octanol–water partition coefficient (Wildman–Crippen LogP) is 0.216. The van der Waals surface area contributed by atoms with E-state index in [0.29, 0.717) is 17.9 Å². The van der Waals surface area contributed by atoms with Crippen LogP contribution in [0.1, 0.15) is 5.69 Å². The third-order valence-electron chi connectivity index (χ3n) is 1.99. The molecule has 0 bridgehead atoms. The third kappa shape index (κ3) is 1.74. The van der Waals surface area contributed by atoms with E-state index < -0.39 is 0 Å². The van der Waals surface area contributed by atoms with Gasteiger partial charge in [0.2, 0.25) is 5.88 Å². The standard InChI is InChI=1S/C9H11N5O/c1-15-9-3-2-8-12-5-6(4-7(10)11)14(8)13-9/h2-3,5H,4H2,1H3,(H3,10,11). The van der Waals surface area contributed by atoms with E-state index in [1.807, 2.05) is 0 Å². The Bertz CT molecular complexity index is 504. The normalized spacial score (nSPS) is 10.5. The van der Waals surface area contributed by atoms with Crippen molar-refractivity contribution in [3.8, 4) is 5.88 Å². The first kappa shape index (κ1) is 9.45. The molecule has 0 aromatic carbocycles. The second-order valence-electron chi connectivity index (χ2n) is 3.10. The van der Waals surface area contributed by atoms with Gasteiger partial charge in [0.25, 0.3) is 0 Å². The van der Waals surface area contributed by atoms with E-state index in [2.05, 4.69) is 10.1 Å². The minimum atomic E-state index is 0.0846. The van der Waals surface area contributed by atoms with Crippen LogP contribution in [0.4, 0.5) is 0 Å². The summed E-state index contributed by atoms with van der Waals surface area (Å²) in [6.45, 7) is 0. The Morgan fingerprint density at radius 2 is 2.40 bits per heavy atom. The summed E-state index contributed by atoms with van der Waals surface area (Å²) in [4.78, 5) is 4.14. The summed E-state index contributed by atoms with van der Waals surface area (Å²) in [6, 6.07) is 3.54. The fourth-order valence-corrected chi connectivity index (χ4v) is 1.33. The maximum absolute atomic E-state index is 7.22. The molecule has 2 aromatic rings. The molecule has 0 saturated carbocycles. The lowest BCUT2D eigenvalue weighted by Gasteiger charge is -2.01. The number of fused-ring (bicyclic) bond motifs is 1. The van der Waals surface area contributed by atoms with Crippen molar-refractivity contribution in [2.75, 3.05) is 7.11 Å². The number of nitrogens with zero attached hydrogens (tertiary/aromatic N) is 3. The summed E-state index contributed by atoms with van der Waals surface area (Å²) < 4.78 is 6.63. The van der Waals surface area contributed by atoms with E-state index in [4.69, 9.17) is 15.9 Å². The lowest BCUT2D eigenvalue weighted by molar-refractivity contribution is 0.389. The van der Waals surface area contributed by atoms with Crippen LogP contribution in [-0.4, -0.2) is 27.5 Å². The van der Waals surface area contributed by atoms with Gasteiger partial charge in [-0.3, -0.25) is 5.41 Å². The highest BCUT2D eigenvalue weighted by Gasteiger charge is 2.06. The largest absolute Gasteiger partial charge is 0.480 e. The first-order valence-electron chi connectivity index (χ1n) is 4.41. The SMILES string of the molecule is COc1ccc2ncc(CC(=N)N)n2n1. The molecule has 0 fully saturated rings. The molecule has 3 N–H and O–H groups in total. The topological polar surface area (TPSA) is 89.3 Å². The van der Waals surface area contributed by atoms with Crippen molar-refractivity contribution < 1.29 is 4.74 Å². The van der Waals surface area contributed by atoms with Gasteiger partial charge in [-0.2, -0.15) is 0 Å². The van der Waals surface area contributed by atoms with Crippen molar-refractivity contribution >= 4 is 11.5 Å². The van der Waals surface area contributed by atoms with E-state index >= 15 is 0 Å². The van der Waals surface area contributed by atoms with Gasteiger partial charge < -0.3 is 10.5 Å². The first-order chi connectivity index (χ1) is 7.20. The highest BCUT2D eigenvalue weighted by molar-refractivity contribution is 5.79. The molecular formula is C9H11N5O. The second kappa shape index (κ2) is 3.56. The van der Waals surface area contributed by atoms with E-state index in [0.717, 1.165) is 5.69 Å². The minimum absolute atomic E-state index is 0.0846. The zero-order valence-corrected chi connectivity index (χ0v) is 8.27. The van der Waals surface area contributed by atoms with Gasteiger partial charge in [-0.05, 0) is 6.07 Å². The Morgan fingerprint density at radius 3 is 3.07 bits per heavy atom.